The van der Waals surface area contributed by atoms with Crippen molar-refractivity contribution in [2.45, 2.75) is 0 Å². The molecule has 11 heteroatoms. The van der Waals surface area contributed by atoms with Gasteiger partial charge in [0.2, 0.25) is 5.91 Å². The lowest BCUT2D eigenvalue weighted by Crippen LogP contribution is -2.48. The highest BCUT2D eigenvalue weighted by atomic mass is 35.5. The summed E-state index contributed by atoms with van der Waals surface area (Å²) in [6.45, 7) is 4.09. The van der Waals surface area contributed by atoms with Crippen LogP contribution in [0.1, 0.15) is 21.5 Å². The molecule has 1 fully saturated rings. The highest BCUT2D eigenvalue weighted by Crippen LogP contribution is 2.38. The third-order valence-electron chi connectivity index (χ3n) is 7.35. The number of hydrogen-bond donors (Lipinski definition) is 2. The lowest BCUT2D eigenvalue weighted by atomic mass is 9.99. The number of nitrogens with one attached hydrogen (secondary N) is 2. The summed E-state index contributed by atoms with van der Waals surface area (Å²) in [5.41, 5.74) is 5.10. The van der Waals surface area contributed by atoms with Crippen molar-refractivity contribution >= 4 is 58.5 Å². The van der Waals surface area contributed by atoms with Gasteiger partial charge in [-0.15, -0.1) is 12.4 Å². The molecule has 42 heavy (non-hydrogen) atoms. The predicted octanol–water partition coefficient (Wildman–Crippen LogP) is 3.21. The molecule has 3 aromatic carbocycles. The second-order valence-corrected chi connectivity index (χ2v) is 10.0. The molecule has 0 aliphatic carbocycles. The number of rotatable bonds is 7. The summed E-state index contributed by atoms with van der Waals surface area (Å²) in [6.07, 6.45) is 0. The molecule has 1 saturated heterocycles. The minimum absolute atomic E-state index is 0. The van der Waals surface area contributed by atoms with Crippen LogP contribution in [0.15, 0.2) is 72.8 Å². The number of benzene rings is 3. The Morgan fingerprint density at radius 3 is 2.26 bits per heavy atom. The quantitative estimate of drug-likeness (QED) is 0.318. The van der Waals surface area contributed by atoms with Crippen molar-refractivity contribution in [3.63, 3.8) is 0 Å². The zero-order chi connectivity index (χ0) is 28.2. The second-order valence-electron chi connectivity index (χ2n) is 10.0. The number of hydrogen-bond acceptors (Lipinski definition) is 7. The molecule has 0 atom stereocenters. The molecule has 0 saturated carbocycles. The van der Waals surface area contributed by atoms with E-state index in [4.69, 9.17) is 4.74 Å². The van der Waals surface area contributed by atoms with Crippen LogP contribution in [0.2, 0.25) is 0 Å². The number of nitrogens with zero attached hydrogens (tertiary/aromatic N) is 3. The van der Waals surface area contributed by atoms with E-state index < -0.39 is 5.97 Å². The van der Waals surface area contributed by atoms with E-state index in [2.05, 4.69) is 27.5 Å². The van der Waals surface area contributed by atoms with Crippen molar-refractivity contribution in [3.05, 3.63) is 89.5 Å². The molecule has 5 rings (SSSR count). The van der Waals surface area contributed by atoms with Gasteiger partial charge in [-0.3, -0.25) is 14.5 Å². The van der Waals surface area contributed by atoms with Crippen LogP contribution in [-0.4, -0.2) is 87.0 Å². The van der Waals surface area contributed by atoms with Gasteiger partial charge in [0.15, 0.2) is 0 Å². The molecule has 0 spiro atoms. The fourth-order valence-corrected chi connectivity index (χ4v) is 4.91. The van der Waals surface area contributed by atoms with Crippen LogP contribution in [0.3, 0.4) is 0 Å². The summed E-state index contributed by atoms with van der Waals surface area (Å²) in [5.74, 6) is -0.694. The maximum absolute atomic E-state index is 13.2. The molecule has 222 valence electrons. The van der Waals surface area contributed by atoms with E-state index in [9.17, 15) is 14.4 Å². The van der Waals surface area contributed by atoms with E-state index in [0.29, 0.717) is 34.6 Å². The van der Waals surface area contributed by atoms with Crippen molar-refractivity contribution in [1.82, 2.24) is 9.80 Å². The van der Waals surface area contributed by atoms with Crippen molar-refractivity contribution in [3.8, 4) is 0 Å². The van der Waals surface area contributed by atoms with Crippen molar-refractivity contribution < 1.29 is 24.6 Å². The number of likely N-dealkylation sites (N-methyl/N-ethyl adjacent to an activating group) is 2. The Hall–Kier alpha value is -4.22. The average molecular weight is 594 g/mol. The molecule has 2 amide bonds. The predicted molar refractivity (Wildman–Crippen MR) is 168 cm³/mol. The molecular weight excluding hydrogens is 558 g/mol. The van der Waals surface area contributed by atoms with E-state index in [1.165, 1.54) is 7.11 Å². The van der Waals surface area contributed by atoms with Gasteiger partial charge in [-0.1, -0.05) is 36.4 Å². The first-order valence-corrected chi connectivity index (χ1v) is 13.2. The number of piperazine rings is 1. The normalized spacial score (nSPS) is 15.8. The lowest BCUT2D eigenvalue weighted by Gasteiger charge is -2.32. The summed E-state index contributed by atoms with van der Waals surface area (Å²) < 4.78 is 4.82. The van der Waals surface area contributed by atoms with Gasteiger partial charge in [0, 0.05) is 50.2 Å². The maximum Gasteiger partial charge on any atom is 0.337 e. The fourth-order valence-electron chi connectivity index (χ4n) is 4.91. The largest absolute Gasteiger partial charge is 0.465 e. The molecule has 3 aromatic rings. The average Bonchev–Trinajstić information content (AvgIpc) is 3.31. The molecule has 0 unspecified atom stereocenters. The minimum atomic E-state index is -0.469. The number of carbonyl (C=O) groups is 3. The second kappa shape index (κ2) is 14.1. The number of carbonyl (C=O) groups excluding carboxylic acids is 3. The topological polar surface area (TPSA) is 126 Å². The van der Waals surface area contributed by atoms with Gasteiger partial charge in [0.05, 0.1) is 36.2 Å². The number of fused-ring (bicyclic) bond motifs is 1. The van der Waals surface area contributed by atoms with E-state index in [1.807, 2.05) is 54.6 Å². The number of ether oxygens (including phenoxy) is 1. The van der Waals surface area contributed by atoms with Crippen LogP contribution in [0.4, 0.5) is 17.1 Å². The van der Waals surface area contributed by atoms with Crippen molar-refractivity contribution in [1.29, 1.82) is 0 Å². The first kappa shape index (κ1) is 32.3. The lowest BCUT2D eigenvalue weighted by molar-refractivity contribution is -0.119. The number of methoxy groups -OCH3 is 1. The van der Waals surface area contributed by atoms with Gasteiger partial charge in [0.25, 0.3) is 5.91 Å². The molecule has 0 radical (unpaired) electrons. The van der Waals surface area contributed by atoms with Gasteiger partial charge in [0.1, 0.15) is 0 Å². The Morgan fingerprint density at radius 2 is 1.62 bits per heavy atom. The summed E-state index contributed by atoms with van der Waals surface area (Å²) in [6, 6.07) is 22.2. The Balaban J connectivity index is 0.00000242. The molecule has 2 heterocycles. The Bertz CT molecular complexity index is 1450. The number of halogens is 1. The van der Waals surface area contributed by atoms with Gasteiger partial charge < -0.3 is 30.6 Å². The number of esters is 1. The smallest absolute Gasteiger partial charge is 0.337 e. The standard InChI is InChI=1S/C31H33N5O4.ClH.H2O/c1-34-15-17-36(18-16-34)20-27(37)35(2)24-12-10-23(11-13-24)32-29(21-7-5-4-6-8-21)28-25-14-9-22(31(39)40-3)19-26(25)33-30(28)38;;/h4-14,19,32H,15-18,20H2,1-3H3,(H,33,38);1H;1H2. The summed E-state index contributed by atoms with van der Waals surface area (Å²) in [5, 5.41) is 6.31. The van der Waals surface area contributed by atoms with Crippen LogP contribution in [0.25, 0.3) is 11.3 Å². The van der Waals surface area contributed by atoms with Crippen molar-refractivity contribution in [2.75, 3.05) is 69.5 Å². The molecule has 0 bridgehead atoms. The SMILES string of the molecule is COC(=O)c1ccc2c(c1)NC(=O)C2=C(Nc1ccc(N(C)C(=O)CN2CCN(C)CC2)cc1)c1ccccc1.Cl.O. The van der Waals surface area contributed by atoms with Gasteiger partial charge in [-0.05, 0) is 49.0 Å². The molecule has 2 aliphatic heterocycles. The Labute approximate surface area is 251 Å². The zero-order valence-corrected chi connectivity index (χ0v) is 24.7. The van der Waals surface area contributed by atoms with Gasteiger partial charge in [-0.2, -0.15) is 0 Å². The van der Waals surface area contributed by atoms with Crippen LogP contribution < -0.4 is 15.5 Å². The molecule has 0 aromatic heterocycles. The zero-order valence-electron chi connectivity index (χ0n) is 23.8. The van der Waals surface area contributed by atoms with Crippen LogP contribution >= 0.6 is 12.4 Å². The Kier molecular flexibility index (Phi) is 10.8. The van der Waals surface area contributed by atoms with E-state index in [0.717, 1.165) is 43.1 Å². The first-order valence-electron chi connectivity index (χ1n) is 13.2. The molecule has 10 nitrogen and oxygen atoms in total. The van der Waals surface area contributed by atoms with E-state index >= 15 is 0 Å². The molecule has 2 aliphatic rings. The first-order chi connectivity index (χ1) is 19.3. The highest BCUT2D eigenvalue weighted by Gasteiger charge is 2.29. The fraction of sp³-hybridized carbons (Fsp3) is 0.258. The number of amides is 2. The van der Waals surface area contributed by atoms with Crippen LogP contribution in [-0.2, 0) is 14.3 Å². The van der Waals surface area contributed by atoms with E-state index in [1.54, 1.807) is 30.1 Å². The molecular formula is C31H36ClN5O5. The van der Waals surface area contributed by atoms with Crippen molar-refractivity contribution in [2.24, 2.45) is 0 Å². The molecule has 4 N–H and O–H groups in total. The summed E-state index contributed by atoms with van der Waals surface area (Å²) in [4.78, 5) is 44.3. The summed E-state index contributed by atoms with van der Waals surface area (Å²) >= 11 is 0. The maximum atomic E-state index is 13.2. The highest BCUT2D eigenvalue weighted by molar-refractivity contribution is 6.37. The van der Waals surface area contributed by atoms with Crippen LogP contribution in [0, 0.1) is 0 Å². The van der Waals surface area contributed by atoms with E-state index in [-0.39, 0.29) is 29.7 Å². The minimum Gasteiger partial charge on any atom is -0.465 e. The summed E-state index contributed by atoms with van der Waals surface area (Å²) in [7, 11) is 5.21. The Morgan fingerprint density at radius 1 is 0.952 bits per heavy atom. The van der Waals surface area contributed by atoms with Crippen LogP contribution in [0.5, 0.6) is 0 Å². The number of anilines is 3. The van der Waals surface area contributed by atoms with Gasteiger partial charge in [-0.25, -0.2) is 4.79 Å². The third-order valence-corrected chi connectivity index (χ3v) is 7.35. The van der Waals surface area contributed by atoms with Gasteiger partial charge >= 0.3 is 5.97 Å². The monoisotopic (exact) mass is 593 g/mol. The third kappa shape index (κ3) is 6.97.